The second-order valence-corrected chi connectivity index (χ2v) is 8.18. The van der Waals surface area contributed by atoms with Crippen LogP contribution >= 0.6 is 0 Å². The molecular weight excluding hydrogens is 392 g/mol. The molecule has 2 saturated heterocycles. The van der Waals surface area contributed by atoms with Crippen molar-refractivity contribution >= 4 is 29.7 Å². The smallest absolute Gasteiger partial charge is 0.303 e. The Bertz CT molecular complexity index is 684. The van der Waals surface area contributed by atoms with Crippen LogP contribution in [-0.4, -0.2) is 82.1 Å². The number of hydrogen-bond acceptors (Lipinski definition) is 8. The normalized spacial score (nSPS) is 25.2. The van der Waals surface area contributed by atoms with Gasteiger partial charge in [-0.1, -0.05) is 20.3 Å². The van der Waals surface area contributed by atoms with E-state index in [0.29, 0.717) is 19.4 Å². The highest BCUT2D eigenvalue weighted by molar-refractivity contribution is 6.41. The van der Waals surface area contributed by atoms with Crippen LogP contribution in [-0.2, 0) is 24.0 Å². The molecule has 10 nitrogen and oxygen atoms in total. The maximum atomic E-state index is 12.8. The summed E-state index contributed by atoms with van der Waals surface area (Å²) < 4.78 is 0. The molecule has 0 spiro atoms. The van der Waals surface area contributed by atoms with E-state index in [-0.39, 0.29) is 43.7 Å². The molecule has 2 aliphatic heterocycles. The third-order valence-electron chi connectivity index (χ3n) is 6.04. The molecule has 1 amide bonds. The first-order valence-electron chi connectivity index (χ1n) is 10.5. The molecule has 30 heavy (non-hydrogen) atoms. The van der Waals surface area contributed by atoms with Crippen LogP contribution in [0.2, 0.25) is 0 Å². The third-order valence-corrected chi connectivity index (χ3v) is 6.04. The molecule has 2 fully saturated rings. The molecular formula is C20H32N4O6. The Labute approximate surface area is 176 Å². The van der Waals surface area contributed by atoms with Gasteiger partial charge in [0.15, 0.2) is 0 Å². The fourth-order valence-electron chi connectivity index (χ4n) is 3.96. The van der Waals surface area contributed by atoms with Crippen molar-refractivity contribution in [3.63, 3.8) is 0 Å². The summed E-state index contributed by atoms with van der Waals surface area (Å²) in [4.78, 5) is 60.1. The summed E-state index contributed by atoms with van der Waals surface area (Å²) in [6.07, 6.45) is 2.70. The molecule has 0 aromatic rings. The van der Waals surface area contributed by atoms with Gasteiger partial charge in [-0.3, -0.25) is 24.2 Å². The van der Waals surface area contributed by atoms with Gasteiger partial charge in [0, 0.05) is 25.4 Å². The Hall–Kier alpha value is -2.17. The fraction of sp³-hybridized carbons (Fsp3) is 0.750. The van der Waals surface area contributed by atoms with Gasteiger partial charge in [-0.25, -0.2) is 5.01 Å². The van der Waals surface area contributed by atoms with E-state index in [1.807, 2.05) is 6.92 Å². The van der Waals surface area contributed by atoms with Crippen LogP contribution < -0.4 is 11.1 Å². The number of carboxylic acid groups (broad SMARTS) is 1. The molecule has 168 valence electrons. The number of nitrogens with zero attached hydrogens (tertiary/aromatic N) is 2. The topological polar surface area (TPSA) is 150 Å². The number of hydrogen-bond donors (Lipinski definition) is 3. The molecule has 0 aromatic heterocycles. The summed E-state index contributed by atoms with van der Waals surface area (Å²) >= 11 is 0. The lowest BCUT2D eigenvalue weighted by Crippen LogP contribution is -2.52. The number of carbonyl (C=O) groups is 5. The number of hydrazine groups is 1. The minimum Gasteiger partial charge on any atom is -0.481 e. The van der Waals surface area contributed by atoms with Crippen molar-refractivity contribution in [3.8, 4) is 0 Å². The number of nitrogens with one attached hydrogen (secondary N) is 1. The monoisotopic (exact) mass is 424 g/mol. The maximum Gasteiger partial charge on any atom is 0.303 e. The first-order valence-corrected chi connectivity index (χ1v) is 10.5. The molecule has 2 aliphatic rings. The maximum absolute atomic E-state index is 12.8. The first-order chi connectivity index (χ1) is 14.2. The van der Waals surface area contributed by atoms with Crippen molar-refractivity contribution in [1.29, 1.82) is 0 Å². The van der Waals surface area contributed by atoms with E-state index in [1.54, 1.807) is 11.9 Å². The van der Waals surface area contributed by atoms with E-state index >= 15 is 0 Å². The number of rotatable bonds is 12. The van der Waals surface area contributed by atoms with Gasteiger partial charge in [0.25, 0.3) is 0 Å². The summed E-state index contributed by atoms with van der Waals surface area (Å²) in [5, 5.41) is 15.3. The lowest BCUT2D eigenvalue weighted by atomic mass is 9.91. The van der Waals surface area contributed by atoms with Crippen LogP contribution in [0.5, 0.6) is 0 Å². The van der Waals surface area contributed by atoms with Crippen LogP contribution in [0.3, 0.4) is 0 Å². The van der Waals surface area contributed by atoms with Crippen molar-refractivity contribution in [2.24, 2.45) is 11.7 Å². The zero-order valence-electron chi connectivity index (χ0n) is 17.6. The summed E-state index contributed by atoms with van der Waals surface area (Å²) in [7, 11) is 0. The molecule has 0 radical (unpaired) electrons. The lowest BCUT2D eigenvalue weighted by molar-refractivity contribution is -0.146. The largest absolute Gasteiger partial charge is 0.481 e. The summed E-state index contributed by atoms with van der Waals surface area (Å²) in [6.45, 7) is 4.51. The Balaban J connectivity index is 2.08. The van der Waals surface area contributed by atoms with Crippen molar-refractivity contribution in [2.45, 2.75) is 76.5 Å². The molecule has 0 aliphatic carbocycles. The van der Waals surface area contributed by atoms with Crippen LogP contribution in [0, 0.1) is 5.92 Å². The van der Waals surface area contributed by atoms with Crippen LogP contribution in [0.15, 0.2) is 0 Å². The fourth-order valence-corrected chi connectivity index (χ4v) is 3.96. The highest BCUT2D eigenvalue weighted by atomic mass is 16.4. The summed E-state index contributed by atoms with van der Waals surface area (Å²) in [6, 6.07) is -2.74. The number of Topliss-reactive ketones (excluding diaryl/α,β-unsaturated/α-hetero) is 2. The van der Waals surface area contributed by atoms with Crippen molar-refractivity contribution < 1.29 is 29.1 Å². The Morgan fingerprint density at radius 3 is 2.63 bits per heavy atom. The number of carboxylic acids is 1. The number of nitrogens with two attached hydrogens (primary N) is 1. The van der Waals surface area contributed by atoms with Gasteiger partial charge in [-0.05, 0) is 25.2 Å². The van der Waals surface area contributed by atoms with E-state index < -0.39 is 35.7 Å². The average Bonchev–Trinajstić information content (AvgIpc) is 3.34. The number of amides is 1. The van der Waals surface area contributed by atoms with E-state index in [1.165, 1.54) is 5.01 Å². The molecule has 10 heteroatoms. The predicted molar refractivity (Wildman–Crippen MR) is 107 cm³/mol. The SMILES string of the molecule is CC[C@H](C)C(N)C(=O)C(=O)[C@H](CCC(=O)O)N[C@H]1CC(=O)N(N2CCC[C@H]2C=O)C1. The second-order valence-electron chi connectivity index (χ2n) is 8.18. The number of aldehydes is 1. The number of ketones is 2. The average molecular weight is 424 g/mol. The van der Waals surface area contributed by atoms with Crippen molar-refractivity contribution in [2.75, 3.05) is 13.1 Å². The van der Waals surface area contributed by atoms with Crippen LogP contribution in [0.25, 0.3) is 0 Å². The third kappa shape index (κ3) is 5.71. The summed E-state index contributed by atoms with van der Waals surface area (Å²) in [5.74, 6) is -2.91. The lowest BCUT2D eigenvalue weighted by Gasteiger charge is -2.31. The van der Waals surface area contributed by atoms with Crippen molar-refractivity contribution in [1.82, 2.24) is 15.3 Å². The van der Waals surface area contributed by atoms with Gasteiger partial charge in [0.05, 0.1) is 24.7 Å². The Morgan fingerprint density at radius 2 is 2.03 bits per heavy atom. The van der Waals surface area contributed by atoms with Crippen LogP contribution in [0.4, 0.5) is 0 Å². The van der Waals surface area contributed by atoms with Gasteiger partial charge < -0.3 is 21.0 Å². The zero-order chi connectivity index (χ0) is 22.4. The van der Waals surface area contributed by atoms with Crippen LogP contribution in [0.1, 0.15) is 52.4 Å². The van der Waals surface area contributed by atoms with Gasteiger partial charge in [0.2, 0.25) is 17.5 Å². The standard InChI is InChI=1S/C20H32N4O6/c1-3-12(2)18(21)20(30)19(29)15(6-7-17(27)28)22-13-9-16(26)24(10-13)23-8-4-5-14(23)11-25/h11-15,18,22H,3-10,21H2,1-2H3,(H,27,28)/t12-,13-,14-,15-,18?/m0/s1. The molecule has 2 heterocycles. The molecule has 5 atom stereocenters. The molecule has 0 saturated carbocycles. The molecule has 1 unspecified atom stereocenters. The Kier molecular flexibility index (Phi) is 8.63. The number of carbonyl (C=O) groups excluding carboxylic acids is 4. The van der Waals surface area contributed by atoms with Gasteiger partial charge >= 0.3 is 5.97 Å². The minimum absolute atomic E-state index is 0.0709. The zero-order valence-corrected chi connectivity index (χ0v) is 17.6. The summed E-state index contributed by atoms with van der Waals surface area (Å²) in [5.41, 5.74) is 5.91. The molecule has 4 N–H and O–H groups in total. The second kappa shape index (κ2) is 10.7. The highest BCUT2D eigenvalue weighted by Crippen LogP contribution is 2.23. The Morgan fingerprint density at radius 1 is 1.33 bits per heavy atom. The van der Waals surface area contributed by atoms with Gasteiger partial charge in [-0.15, -0.1) is 0 Å². The first kappa shape index (κ1) is 24.1. The van der Waals surface area contributed by atoms with E-state index in [9.17, 15) is 24.0 Å². The highest BCUT2D eigenvalue weighted by Gasteiger charge is 2.40. The molecule has 0 aromatic carbocycles. The molecule has 2 rings (SSSR count). The quantitative estimate of drug-likeness (QED) is 0.278. The predicted octanol–water partition coefficient (Wildman–Crippen LogP) is -0.500. The number of aliphatic carboxylic acids is 1. The van der Waals surface area contributed by atoms with E-state index in [4.69, 9.17) is 10.8 Å². The van der Waals surface area contributed by atoms with E-state index in [2.05, 4.69) is 5.32 Å². The van der Waals surface area contributed by atoms with Gasteiger partial charge in [0.1, 0.15) is 6.29 Å². The molecule has 0 bridgehead atoms. The van der Waals surface area contributed by atoms with Gasteiger partial charge in [-0.2, -0.15) is 0 Å². The van der Waals surface area contributed by atoms with E-state index in [0.717, 1.165) is 12.7 Å². The van der Waals surface area contributed by atoms with Crippen molar-refractivity contribution in [3.05, 3.63) is 0 Å². The minimum atomic E-state index is -1.08.